The van der Waals surface area contributed by atoms with Gasteiger partial charge in [-0.2, -0.15) is 0 Å². The van der Waals surface area contributed by atoms with E-state index < -0.39 is 0 Å². The Bertz CT molecular complexity index is 409. The summed E-state index contributed by atoms with van der Waals surface area (Å²) in [6.07, 6.45) is 1.96. The van der Waals surface area contributed by atoms with Crippen molar-refractivity contribution in [3.63, 3.8) is 0 Å². The van der Waals surface area contributed by atoms with Gasteiger partial charge in [0.05, 0.1) is 0 Å². The van der Waals surface area contributed by atoms with Gasteiger partial charge in [0.15, 0.2) is 5.58 Å². The largest absolute Gasteiger partial charge is 0.431 e. The monoisotopic (exact) mass is 209 g/mol. The highest BCUT2D eigenvalue weighted by molar-refractivity contribution is 7.98. The van der Waals surface area contributed by atoms with E-state index in [1.165, 1.54) is 17.3 Å². The van der Waals surface area contributed by atoms with Crippen LogP contribution in [0.4, 0.5) is 0 Å². The van der Waals surface area contributed by atoms with Gasteiger partial charge in [-0.05, 0) is 30.9 Å². The predicted octanol–water partition coefficient (Wildman–Crippen LogP) is 3.88. The van der Waals surface area contributed by atoms with E-state index in [2.05, 4.69) is 4.98 Å². The van der Waals surface area contributed by atoms with Crippen molar-refractivity contribution in [2.75, 3.05) is 6.26 Å². The Labute approximate surface area is 88.7 Å². The summed E-state index contributed by atoms with van der Waals surface area (Å²) in [7, 11) is 0. The highest BCUT2D eigenvalue weighted by Crippen LogP contribution is 2.21. The second-order valence-corrected chi connectivity index (χ2v) is 3.41. The van der Waals surface area contributed by atoms with Crippen LogP contribution in [0.3, 0.4) is 0 Å². The molecule has 1 aromatic heterocycles. The SMILES string of the molecule is CC.CSc1nc2ccc(C)cc2o1. The zero-order valence-corrected chi connectivity index (χ0v) is 9.81. The first-order valence-corrected chi connectivity index (χ1v) is 5.93. The van der Waals surface area contributed by atoms with Crippen LogP contribution in [0.15, 0.2) is 27.8 Å². The van der Waals surface area contributed by atoms with Gasteiger partial charge in [0, 0.05) is 0 Å². The van der Waals surface area contributed by atoms with E-state index in [0.717, 1.165) is 16.3 Å². The van der Waals surface area contributed by atoms with Crippen LogP contribution in [-0.4, -0.2) is 11.2 Å². The van der Waals surface area contributed by atoms with Gasteiger partial charge in [-0.15, -0.1) is 0 Å². The molecule has 0 radical (unpaired) electrons. The first kappa shape index (κ1) is 11.1. The predicted molar refractivity (Wildman–Crippen MR) is 61.9 cm³/mol. The molecule has 0 atom stereocenters. The van der Waals surface area contributed by atoms with Gasteiger partial charge in [0.25, 0.3) is 5.22 Å². The van der Waals surface area contributed by atoms with E-state index in [1.807, 2.05) is 45.2 Å². The minimum atomic E-state index is 0.732. The number of hydrogen-bond acceptors (Lipinski definition) is 3. The molecule has 1 aromatic carbocycles. The molecule has 2 aromatic rings. The van der Waals surface area contributed by atoms with Crippen molar-refractivity contribution in [2.24, 2.45) is 0 Å². The van der Waals surface area contributed by atoms with E-state index >= 15 is 0 Å². The van der Waals surface area contributed by atoms with Gasteiger partial charge in [0.2, 0.25) is 0 Å². The third kappa shape index (κ3) is 2.29. The number of rotatable bonds is 1. The number of hydrogen-bond donors (Lipinski definition) is 0. The van der Waals surface area contributed by atoms with Gasteiger partial charge < -0.3 is 4.42 Å². The van der Waals surface area contributed by atoms with E-state index in [-0.39, 0.29) is 0 Å². The quantitative estimate of drug-likeness (QED) is 0.666. The molecule has 0 fully saturated rings. The van der Waals surface area contributed by atoms with E-state index in [4.69, 9.17) is 4.42 Å². The molecule has 0 aliphatic carbocycles. The van der Waals surface area contributed by atoms with Crippen LogP contribution >= 0.6 is 11.8 Å². The first-order chi connectivity index (χ1) is 6.79. The van der Waals surface area contributed by atoms with Crippen LogP contribution in [0.25, 0.3) is 11.1 Å². The average molecular weight is 209 g/mol. The summed E-state index contributed by atoms with van der Waals surface area (Å²) in [5.74, 6) is 0. The Balaban J connectivity index is 0.000000461. The molecule has 0 unspecified atom stereocenters. The molecule has 2 rings (SSSR count). The van der Waals surface area contributed by atoms with Crippen LogP contribution in [0.5, 0.6) is 0 Å². The molecular weight excluding hydrogens is 194 g/mol. The molecule has 0 aliphatic heterocycles. The van der Waals surface area contributed by atoms with Crippen molar-refractivity contribution in [1.82, 2.24) is 4.98 Å². The highest BCUT2D eigenvalue weighted by Gasteiger charge is 2.02. The van der Waals surface area contributed by atoms with Crippen molar-refractivity contribution in [2.45, 2.75) is 26.0 Å². The summed E-state index contributed by atoms with van der Waals surface area (Å²) < 4.78 is 5.45. The molecule has 0 N–H and O–H groups in total. The fraction of sp³-hybridized carbons (Fsp3) is 0.364. The summed E-state index contributed by atoms with van der Waals surface area (Å²) in [4.78, 5) is 4.27. The van der Waals surface area contributed by atoms with Crippen LogP contribution in [0.2, 0.25) is 0 Å². The van der Waals surface area contributed by atoms with Gasteiger partial charge in [-0.1, -0.05) is 31.7 Å². The fourth-order valence-electron chi connectivity index (χ4n) is 1.10. The molecule has 0 bridgehead atoms. The third-order valence-corrected chi connectivity index (χ3v) is 2.22. The number of aryl methyl sites for hydroxylation is 1. The number of benzene rings is 1. The lowest BCUT2D eigenvalue weighted by atomic mass is 10.2. The normalized spacial score (nSPS) is 9.71. The van der Waals surface area contributed by atoms with Crippen LogP contribution in [0, 0.1) is 6.92 Å². The summed E-state index contributed by atoms with van der Waals surface area (Å²) in [6, 6.07) is 6.02. The Morgan fingerprint density at radius 1 is 1.29 bits per heavy atom. The maximum atomic E-state index is 5.45. The minimum Gasteiger partial charge on any atom is -0.431 e. The Morgan fingerprint density at radius 2 is 2.00 bits per heavy atom. The Kier molecular flexibility index (Phi) is 4.01. The molecule has 0 aliphatic rings. The lowest BCUT2D eigenvalue weighted by Crippen LogP contribution is -1.70. The van der Waals surface area contributed by atoms with E-state index in [1.54, 1.807) is 0 Å². The zero-order valence-electron chi connectivity index (χ0n) is 9.00. The standard InChI is InChI=1S/C9H9NOS.C2H6/c1-6-3-4-7-8(5-6)11-9(10-7)12-2;1-2/h3-5H,1-2H3;1-2H3. The van der Waals surface area contributed by atoms with Crippen molar-refractivity contribution < 1.29 is 4.42 Å². The molecule has 1 heterocycles. The summed E-state index contributed by atoms with van der Waals surface area (Å²) in [5, 5.41) is 0.732. The third-order valence-electron chi connectivity index (χ3n) is 1.70. The number of oxazole rings is 1. The van der Waals surface area contributed by atoms with Crippen molar-refractivity contribution in [3.05, 3.63) is 23.8 Å². The second-order valence-electron chi connectivity index (χ2n) is 2.66. The van der Waals surface area contributed by atoms with Crippen LogP contribution in [0.1, 0.15) is 19.4 Å². The van der Waals surface area contributed by atoms with Gasteiger partial charge in [0.1, 0.15) is 5.52 Å². The maximum Gasteiger partial charge on any atom is 0.256 e. The van der Waals surface area contributed by atoms with Crippen LogP contribution in [-0.2, 0) is 0 Å². The summed E-state index contributed by atoms with van der Waals surface area (Å²) in [6.45, 7) is 6.04. The number of aromatic nitrogens is 1. The topological polar surface area (TPSA) is 26.0 Å². The van der Waals surface area contributed by atoms with Crippen molar-refractivity contribution in [1.29, 1.82) is 0 Å². The maximum absolute atomic E-state index is 5.45. The van der Waals surface area contributed by atoms with Crippen LogP contribution < -0.4 is 0 Å². The zero-order chi connectivity index (χ0) is 10.6. The highest BCUT2D eigenvalue weighted by atomic mass is 32.2. The smallest absolute Gasteiger partial charge is 0.256 e. The molecule has 0 saturated carbocycles. The van der Waals surface area contributed by atoms with E-state index in [0.29, 0.717) is 0 Å². The number of nitrogens with zero attached hydrogens (tertiary/aromatic N) is 1. The molecular formula is C11H15NOS. The number of thioether (sulfide) groups is 1. The lowest BCUT2D eigenvalue weighted by Gasteiger charge is -1.87. The molecule has 3 heteroatoms. The minimum absolute atomic E-state index is 0.732. The fourth-order valence-corrected chi connectivity index (χ4v) is 1.46. The molecule has 0 amide bonds. The van der Waals surface area contributed by atoms with Gasteiger partial charge >= 0.3 is 0 Å². The Morgan fingerprint density at radius 3 is 2.64 bits per heavy atom. The van der Waals surface area contributed by atoms with Gasteiger partial charge in [-0.25, -0.2) is 4.98 Å². The summed E-state index contributed by atoms with van der Waals surface area (Å²) in [5.41, 5.74) is 3.01. The summed E-state index contributed by atoms with van der Waals surface area (Å²) >= 11 is 1.52. The molecule has 2 nitrogen and oxygen atoms in total. The molecule has 0 spiro atoms. The number of fused-ring (bicyclic) bond motifs is 1. The van der Waals surface area contributed by atoms with Crippen molar-refractivity contribution >= 4 is 22.9 Å². The first-order valence-electron chi connectivity index (χ1n) is 4.71. The lowest BCUT2D eigenvalue weighted by molar-refractivity contribution is 0.490. The van der Waals surface area contributed by atoms with E-state index in [9.17, 15) is 0 Å². The molecule has 76 valence electrons. The molecule has 14 heavy (non-hydrogen) atoms. The average Bonchev–Trinajstić information content (AvgIpc) is 2.62. The second kappa shape index (κ2) is 5.05. The Hall–Kier alpha value is -0.960. The van der Waals surface area contributed by atoms with Gasteiger partial charge in [-0.3, -0.25) is 0 Å². The molecule has 0 saturated heterocycles. The van der Waals surface area contributed by atoms with Crippen molar-refractivity contribution in [3.8, 4) is 0 Å².